The van der Waals surface area contributed by atoms with Crippen molar-refractivity contribution in [1.29, 1.82) is 0 Å². The van der Waals surface area contributed by atoms with Crippen LogP contribution in [0.25, 0.3) is 0 Å². The Hall–Kier alpha value is 1.64. The van der Waals surface area contributed by atoms with Crippen molar-refractivity contribution in [3.63, 3.8) is 0 Å². The van der Waals surface area contributed by atoms with Crippen LogP contribution in [0.2, 0.25) is 0 Å². The maximum atomic E-state index is 2.38. The summed E-state index contributed by atoms with van der Waals surface area (Å²) in [6, 6.07) is 0. The van der Waals surface area contributed by atoms with Crippen molar-refractivity contribution in [3.05, 3.63) is 13.8 Å². The molecule has 0 N–H and O–H groups in total. The van der Waals surface area contributed by atoms with Gasteiger partial charge in [0.25, 0.3) is 0 Å². The molecule has 0 aromatic heterocycles. The number of rotatable bonds is 0. The minimum Gasteiger partial charge on any atom is -0.358 e. The molecule has 0 amide bonds. The molecule has 0 nitrogen and oxygen atoms in total. The Morgan fingerprint density at radius 3 is 0.909 bits per heavy atom. The Morgan fingerprint density at radius 1 is 0.727 bits per heavy atom. The molecule has 0 spiro atoms. The minimum atomic E-state index is 0. The largest absolute Gasteiger partial charge is 1.00 e. The van der Waals surface area contributed by atoms with Crippen molar-refractivity contribution in [1.82, 2.24) is 0 Å². The van der Waals surface area contributed by atoms with Crippen molar-refractivity contribution in [2.75, 3.05) is 0 Å². The summed E-state index contributed by atoms with van der Waals surface area (Å²) in [5.41, 5.74) is 0.719. The quantitative estimate of drug-likeness (QED) is 0.382. The molecule has 0 atom stereocenters. The van der Waals surface area contributed by atoms with Crippen molar-refractivity contribution >= 4 is 0 Å². The molecule has 0 aliphatic carbocycles. The molecular formula is C10H22K-. The van der Waals surface area contributed by atoms with Crippen LogP contribution in [0, 0.1) is 24.7 Å². The number of hydrogen-bond acceptors (Lipinski definition) is 0. The summed E-state index contributed by atoms with van der Waals surface area (Å²) < 4.78 is 0. The average Bonchev–Trinajstić information content (AvgIpc) is 1.14. The number of hydrogen-bond donors (Lipinski definition) is 0. The van der Waals surface area contributed by atoms with E-state index in [1.807, 2.05) is 0 Å². The van der Waals surface area contributed by atoms with Crippen molar-refractivity contribution in [2.24, 2.45) is 10.8 Å². The average molecular weight is 181 g/mol. The van der Waals surface area contributed by atoms with E-state index in [2.05, 4.69) is 48.0 Å². The molecule has 0 aliphatic rings. The molecular weight excluding hydrogens is 159 g/mol. The molecule has 0 bridgehead atoms. The van der Waals surface area contributed by atoms with E-state index in [0.717, 1.165) is 0 Å². The van der Waals surface area contributed by atoms with Crippen LogP contribution in [-0.4, -0.2) is 0 Å². The van der Waals surface area contributed by atoms with E-state index < -0.39 is 0 Å². The van der Waals surface area contributed by atoms with Crippen molar-refractivity contribution < 1.29 is 51.4 Å². The standard InChI is InChI=1S/C9H19.CH3.K/c1-8(2,3)7-9(4,5)6;;/h7H,1-6H3;1H3;/q2*-1;+1. The van der Waals surface area contributed by atoms with Gasteiger partial charge in [0.2, 0.25) is 0 Å². The molecule has 0 heterocycles. The van der Waals surface area contributed by atoms with E-state index in [0.29, 0.717) is 10.8 Å². The predicted molar refractivity (Wildman–Crippen MR) is 49.6 cm³/mol. The molecule has 11 heavy (non-hydrogen) atoms. The molecule has 0 unspecified atom stereocenters. The molecule has 0 aromatic carbocycles. The zero-order valence-corrected chi connectivity index (χ0v) is 12.7. The Morgan fingerprint density at radius 2 is 0.909 bits per heavy atom. The molecule has 0 radical (unpaired) electrons. The van der Waals surface area contributed by atoms with Crippen LogP contribution >= 0.6 is 0 Å². The zero-order valence-electron chi connectivity index (χ0n) is 9.58. The zero-order chi connectivity index (χ0) is 7.71. The second-order valence-electron chi connectivity index (χ2n) is 4.88. The van der Waals surface area contributed by atoms with Gasteiger partial charge in [-0.15, -0.1) is 0 Å². The fourth-order valence-corrected chi connectivity index (χ4v) is 1.30. The van der Waals surface area contributed by atoms with Gasteiger partial charge in [-0.05, 0) is 0 Å². The Balaban J connectivity index is -0.000000320. The van der Waals surface area contributed by atoms with Crippen LogP contribution in [0.3, 0.4) is 0 Å². The third-order valence-corrected chi connectivity index (χ3v) is 0.866. The summed E-state index contributed by atoms with van der Waals surface area (Å²) in [6.45, 7) is 13.4. The summed E-state index contributed by atoms with van der Waals surface area (Å²) in [5.74, 6) is 0. The minimum absolute atomic E-state index is 0. The van der Waals surface area contributed by atoms with Crippen molar-refractivity contribution in [2.45, 2.75) is 41.5 Å². The van der Waals surface area contributed by atoms with E-state index in [9.17, 15) is 0 Å². The predicted octanol–water partition coefficient (Wildman–Crippen LogP) is 0.737. The Kier molecular flexibility index (Phi) is 10.3. The van der Waals surface area contributed by atoms with Crippen LogP contribution in [0.5, 0.6) is 0 Å². The van der Waals surface area contributed by atoms with Crippen LogP contribution in [0.4, 0.5) is 0 Å². The monoisotopic (exact) mass is 181 g/mol. The summed E-state index contributed by atoms with van der Waals surface area (Å²) >= 11 is 0. The van der Waals surface area contributed by atoms with Gasteiger partial charge in [0.1, 0.15) is 0 Å². The van der Waals surface area contributed by atoms with E-state index in [1.165, 1.54) is 0 Å². The van der Waals surface area contributed by atoms with Gasteiger partial charge in [-0.25, -0.2) is 0 Å². The summed E-state index contributed by atoms with van der Waals surface area (Å²) in [5, 5.41) is 0. The Labute approximate surface area is 116 Å². The molecule has 0 saturated heterocycles. The van der Waals surface area contributed by atoms with Crippen LogP contribution < -0.4 is 51.4 Å². The van der Waals surface area contributed by atoms with Crippen LogP contribution in [-0.2, 0) is 0 Å². The van der Waals surface area contributed by atoms with Gasteiger partial charge in [0, 0.05) is 0 Å². The first kappa shape index (κ1) is 18.4. The van der Waals surface area contributed by atoms with Gasteiger partial charge < -0.3 is 13.8 Å². The first-order valence-corrected chi connectivity index (χ1v) is 3.58. The SMILES string of the molecule is CC(C)(C)[CH-]C(C)(C)C.[CH3-].[K+]. The molecule has 0 aliphatic heterocycles. The van der Waals surface area contributed by atoms with Gasteiger partial charge in [-0.2, -0.15) is 10.8 Å². The van der Waals surface area contributed by atoms with Crippen LogP contribution in [0.15, 0.2) is 0 Å². The normalized spacial score (nSPS) is 11.5. The van der Waals surface area contributed by atoms with E-state index in [-0.39, 0.29) is 58.8 Å². The third kappa shape index (κ3) is 18.5. The summed E-state index contributed by atoms with van der Waals surface area (Å²) in [6.07, 6.45) is 2.38. The second kappa shape index (κ2) is 6.15. The molecule has 0 rings (SSSR count). The van der Waals surface area contributed by atoms with E-state index in [1.54, 1.807) is 0 Å². The fourth-order valence-electron chi connectivity index (χ4n) is 1.30. The summed E-state index contributed by atoms with van der Waals surface area (Å²) in [4.78, 5) is 0. The van der Waals surface area contributed by atoms with Gasteiger partial charge >= 0.3 is 51.4 Å². The van der Waals surface area contributed by atoms with E-state index >= 15 is 0 Å². The van der Waals surface area contributed by atoms with Gasteiger partial charge in [-0.1, -0.05) is 41.5 Å². The topological polar surface area (TPSA) is 0 Å². The van der Waals surface area contributed by atoms with E-state index in [4.69, 9.17) is 0 Å². The van der Waals surface area contributed by atoms with Gasteiger partial charge in [0.05, 0.1) is 0 Å². The summed E-state index contributed by atoms with van der Waals surface area (Å²) in [7, 11) is 0. The van der Waals surface area contributed by atoms with Crippen molar-refractivity contribution in [3.8, 4) is 0 Å². The molecule has 0 fully saturated rings. The molecule has 0 aromatic rings. The molecule has 64 valence electrons. The third-order valence-electron chi connectivity index (χ3n) is 0.866. The first-order chi connectivity index (χ1) is 3.71. The fraction of sp³-hybridized carbons (Fsp3) is 0.800. The Bertz CT molecular complexity index is 70.0. The first-order valence-electron chi connectivity index (χ1n) is 3.58. The second-order valence-corrected chi connectivity index (χ2v) is 4.88. The maximum Gasteiger partial charge on any atom is 1.00 e. The van der Waals surface area contributed by atoms with Gasteiger partial charge in [0.15, 0.2) is 0 Å². The van der Waals surface area contributed by atoms with Crippen LogP contribution in [0.1, 0.15) is 41.5 Å². The molecule has 1 heteroatoms. The smallest absolute Gasteiger partial charge is 0.358 e. The molecule has 0 saturated carbocycles. The maximum absolute atomic E-state index is 2.38. The van der Waals surface area contributed by atoms with Gasteiger partial charge in [-0.3, -0.25) is 0 Å².